The summed E-state index contributed by atoms with van der Waals surface area (Å²) in [6.07, 6.45) is 0.921. The number of nitrogens with zero attached hydrogens (tertiary/aromatic N) is 4. The molecule has 5 nitrogen and oxygen atoms in total. The predicted molar refractivity (Wildman–Crippen MR) is 71.9 cm³/mol. The highest BCUT2D eigenvalue weighted by molar-refractivity contribution is 7.99. The first-order chi connectivity index (χ1) is 9.72. The quantitative estimate of drug-likeness (QED) is 0.735. The molecule has 0 saturated heterocycles. The summed E-state index contributed by atoms with van der Waals surface area (Å²) in [7, 11) is 1.59. The highest BCUT2D eigenvalue weighted by atomic mass is 32.2. The minimum atomic E-state index is -2.38. The van der Waals surface area contributed by atoms with E-state index in [0.717, 1.165) is 17.3 Å². The van der Waals surface area contributed by atoms with E-state index in [4.69, 9.17) is 4.74 Å². The van der Waals surface area contributed by atoms with Gasteiger partial charge in [0.1, 0.15) is 0 Å². The van der Waals surface area contributed by atoms with Crippen molar-refractivity contribution in [1.82, 2.24) is 19.7 Å². The molecule has 0 amide bonds. The van der Waals surface area contributed by atoms with Crippen LogP contribution >= 0.6 is 11.8 Å². The van der Waals surface area contributed by atoms with Gasteiger partial charge in [0, 0.05) is 25.1 Å². The molecule has 0 N–H and O–H groups in total. The van der Waals surface area contributed by atoms with Gasteiger partial charge in [-0.05, 0) is 12.1 Å². The molecule has 0 spiro atoms. The second-order valence-corrected chi connectivity index (χ2v) is 4.88. The normalized spacial score (nSPS) is 11.2. The molecule has 0 bridgehead atoms. The van der Waals surface area contributed by atoms with Crippen LogP contribution < -0.4 is 0 Å². The van der Waals surface area contributed by atoms with Crippen LogP contribution in [0.15, 0.2) is 29.7 Å². The largest absolute Gasteiger partial charge is 0.383 e. The van der Waals surface area contributed by atoms with Gasteiger partial charge in [0.05, 0.1) is 18.9 Å². The Labute approximate surface area is 119 Å². The van der Waals surface area contributed by atoms with E-state index in [1.165, 1.54) is 0 Å². The first kappa shape index (κ1) is 14.9. The van der Waals surface area contributed by atoms with Crippen LogP contribution in [0.2, 0.25) is 0 Å². The Morgan fingerprint density at radius 2 is 2.05 bits per heavy atom. The van der Waals surface area contributed by atoms with Crippen LogP contribution in [0.5, 0.6) is 0 Å². The van der Waals surface area contributed by atoms with E-state index >= 15 is 0 Å². The number of aromatic nitrogens is 4. The zero-order chi connectivity index (χ0) is 14.4. The van der Waals surface area contributed by atoms with E-state index < -0.39 is 6.43 Å². The standard InChI is InChI=1S/C12H14F2N4OS/c1-19-7-6-18-11(9-2-4-15-5-3-9)16-17-12(18)20-8-10(13)14/h2-5,10H,6-8H2,1H3. The van der Waals surface area contributed by atoms with Crippen LogP contribution in [-0.2, 0) is 11.3 Å². The van der Waals surface area contributed by atoms with Crippen LogP contribution in [0.25, 0.3) is 11.4 Å². The van der Waals surface area contributed by atoms with Gasteiger partial charge in [-0.25, -0.2) is 8.78 Å². The fourth-order valence-electron chi connectivity index (χ4n) is 1.63. The zero-order valence-corrected chi connectivity index (χ0v) is 11.7. The number of pyridine rings is 1. The molecule has 2 aromatic rings. The van der Waals surface area contributed by atoms with Crippen molar-refractivity contribution >= 4 is 11.8 Å². The topological polar surface area (TPSA) is 52.8 Å². The Hall–Kier alpha value is -1.54. The second kappa shape index (κ2) is 7.30. The third-order valence-electron chi connectivity index (χ3n) is 2.51. The van der Waals surface area contributed by atoms with Crippen LogP contribution in [0, 0.1) is 0 Å². The zero-order valence-electron chi connectivity index (χ0n) is 10.9. The molecule has 8 heteroatoms. The molecule has 2 heterocycles. The summed E-state index contributed by atoms with van der Waals surface area (Å²) in [6, 6.07) is 3.60. The second-order valence-electron chi connectivity index (χ2n) is 3.89. The van der Waals surface area contributed by atoms with Crippen molar-refractivity contribution in [2.75, 3.05) is 19.5 Å². The van der Waals surface area contributed by atoms with Crippen molar-refractivity contribution in [1.29, 1.82) is 0 Å². The lowest BCUT2D eigenvalue weighted by Gasteiger charge is -2.09. The first-order valence-electron chi connectivity index (χ1n) is 5.96. The molecule has 0 aliphatic carbocycles. The van der Waals surface area contributed by atoms with Gasteiger partial charge in [-0.2, -0.15) is 0 Å². The van der Waals surface area contributed by atoms with Gasteiger partial charge in [0.25, 0.3) is 0 Å². The van der Waals surface area contributed by atoms with Gasteiger partial charge in [0.2, 0.25) is 6.43 Å². The summed E-state index contributed by atoms with van der Waals surface area (Å²) < 4.78 is 31.5. The fraction of sp³-hybridized carbons (Fsp3) is 0.417. The molecule has 0 aliphatic heterocycles. The van der Waals surface area contributed by atoms with Crippen molar-refractivity contribution in [3.05, 3.63) is 24.5 Å². The SMILES string of the molecule is COCCn1c(SCC(F)F)nnc1-c1ccncc1. The Balaban J connectivity index is 2.27. The molecule has 0 fully saturated rings. The molecule has 2 rings (SSSR count). The maximum absolute atomic E-state index is 12.3. The Morgan fingerprint density at radius 1 is 1.30 bits per heavy atom. The molecule has 0 aliphatic rings. The molecule has 0 saturated carbocycles. The lowest BCUT2D eigenvalue weighted by Crippen LogP contribution is -2.08. The van der Waals surface area contributed by atoms with Crippen molar-refractivity contribution in [3.8, 4) is 11.4 Å². The average Bonchev–Trinajstić information content (AvgIpc) is 2.86. The lowest BCUT2D eigenvalue weighted by atomic mass is 10.2. The van der Waals surface area contributed by atoms with E-state index in [1.807, 2.05) is 0 Å². The summed E-state index contributed by atoms with van der Waals surface area (Å²) in [5, 5.41) is 8.53. The Kier molecular flexibility index (Phi) is 5.42. The number of hydrogen-bond donors (Lipinski definition) is 0. The maximum Gasteiger partial charge on any atom is 0.248 e. The minimum absolute atomic E-state index is 0.304. The van der Waals surface area contributed by atoms with Crippen molar-refractivity contribution in [2.45, 2.75) is 18.1 Å². The smallest absolute Gasteiger partial charge is 0.248 e. The van der Waals surface area contributed by atoms with Gasteiger partial charge >= 0.3 is 0 Å². The molecule has 0 aromatic carbocycles. The summed E-state index contributed by atoms with van der Waals surface area (Å²) in [5.41, 5.74) is 0.840. The van der Waals surface area contributed by atoms with Gasteiger partial charge < -0.3 is 4.74 Å². The lowest BCUT2D eigenvalue weighted by molar-refractivity contribution is 0.176. The third-order valence-corrected chi connectivity index (χ3v) is 3.49. The fourth-order valence-corrected chi connectivity index (χ4v) is 2.34. The van der Waals surface area contributed by atoms with Crippen molar-refractivity contribution < 1.29 is 13.5 Å². The van der Waals surface area contributed by atoms with Crippen LogP contribution in [0.4, 0.5) is 8.78 Å². The molecule has 0 unspecified atom stereocenters. The molecule has 2 aromatic heterocycles. The first-order valence-corrected chi connectivity index (χ1v) is 6.94. The van der Waals surface area contributed by atoms with Crippen molar-refractivity contribution in [3.63, 3.8) is 0 Å². The summed E-state index contributed by atoms with van der Waals surface area (Å²) >= 11 is 0.989. The minimum Gasteiger partial charge on any atom is -0.383 e. The molecule has 108 valence electrons. The van der Waals surface area contributed by atoms with Gasteiger partial charge in [0.15, 0.2) is 11.0 Å². The maximum atomic E-state index is 12.3. The highest BCUT2D eigenvalue weighted by Gasteiger charge is 2.15. The summed E-state index contributed by atoms with van der Waals surface area (Å²) in [4.78, 5) is 3.94. The number of rotatable bonds is 7. The molecular formula is C12H14F2N4OS. The van der Waals surface area contributed by atoms with Crippen LogP contribution in [-0.4, -0.2) is 45.6 Å². The highest BCUT2D eigenvalue weighted by Crippen LogP contribution is 2.24. The number of hydrogen-bond acceptors (Lipinski definition) is 5. The van der Waals surface area contributed by atoms with Crippen LogP contribution in [0.3, 0.4) is 0 Å². The van der Waals surface area contributed by atoms with Gasteiger partial charge in [-0.3, -0.25) is 9.55 Å². The summed E-state index contributed by atoms with van der Waals surface area (Å²) in [6.45, 7) is 0.963. The van der Waals surface area contributed by atoms with Gasteiger partial charge in [-0.15, -0.1) is 10.2 Å². The number of ether oxygens (including phenoxy) is 1. The Bertz CT molecular complexity index is 536. The average molecular weight is 300 g/mol. The molecule has 0 radical (unpaired) electrons. The number of thioether (sulfide) groups is 1. The van der Waals surface area contributed by atoms with E-state index in [0.29, 0.717) is 24.1 Å². The number of alkyl halides is 2. The van der Waals surface area contributed by atoms with Crippen molar-refractivity contribution in [2.24, 2.45) is 0 Å². The molecule has 0 atom stereocenters. The summed E-state index contributed by atoms with van der Waals surface area (Å²) in [5.74, 6) is 0.322. The van der Waals surface area contributed by atoms with E-state index in [2.05, 4.69) is 15.2 Å². The van der Waals surface area contributed by atoms with Gasteiger partial charge in [-0.1, -0.05) is 11.8 Å². The number of halogens is 2. The predicted octanol–water partition coefficient (Wildman–Crippen LogP) is 2.34. The molecular weight excluding hydrogens is 286 g/mol. The van der Waals surface area contributed by atoms with E-state index in [9.17, 15) is 8.78 Å². The van der Waals surface area contributed by atoms with E-state index in [1.54, 1.807) is 36.2 Å². The third kappa shape index (κ3) is 3.73. The molecule has 20 heavy (non-hydrogen) atoms. The monoisotopic (exact) mass is 300 g/mol. The Morgan fingerprint density at radius 3 is 2.70 bits per heavy atom. The van der Waals surface area contributed by atoms with Crippen LogP contribution in [0.1, 0.15) is 0 Å². The number of methoxy groups -OCH3 is 1. The van der Waals surface area contributed by atoms with E-state index in [-0.39, 0.29) is 5.75 Å².